The van der Waals surface area contributed by atoms with Crippen LogP contribution in [0, 0.1) is 6.92 Å². The molecular formula is C20H23N5O. The molecule has 1 aliphatic rings. The quantitative estimate of drug-likeness (QED) is 0.759. The minimum atomic E-state index is 0.102. The third kappa shape index (κ3) is 3.08. The standard InChI is InChI=1S/C20H23N5O/c1-12(15-4-6-18-16(9-15)5-7-19(26)23-18)21-10-14-8-17-13(2)24-25(3)20(17)22-11-14/h4,6,8-9,11-12,21H,5,7,10H2,1-3H3,(H,23,26)/t12-/m1/s1. The van der Waals surface area contributed by atoms with Crippen LogP contribution in [-0.4, -0.2) is 20.7 Å². The van der Waals surface area contributed by atoms with Gasteiger partial charge in [0, 0.05) is 43.3 Å². The van der Waals surface area contributed by atoms with Crippen LogP contribution in [0.4, 0.5) is 5.69 Å². The number of hydrogen-bond donors (Lipinski definition) is 2. The van der Waals surface area contributed by atoms with Gasteiger partial charge >= 0.3 is 0 Å². The Hall–Kier alpha value is -2.73. The lowest BCUT2D eigenvalue weighted by Crippen LogP contribution is -2.21. The third-order valence-electron chi connectivity index (χ3n) is 5.06. The van der Waals surface area contributed by atoms with Crippen LogP contribution in [-0.2, 0) is 24.8 Å². The Morgan fingerprint density at radius 2 is 2.15 bits per heavy atom. The van der Waals surface area contributed by atoms with E-state index in [0.717, 1.165) is 40.9 Å². The molecule has 1 atom stereocenters. The molecule has 2 aromatic heterocycles. The number of aromatic nitrogens is 3. The topological polar surface area (TPSA) is 71.8 Å². The summed E-state index contributed by atoms with van der Waals surface area (Å²) in [5.74, 6) is 0.102. The molecule has 2 N–H and O–H groups in total. The minimum Gasteiger partial charge on any atom is -0.326 e. The lowest BCUT2D eigenvalue weighted by atomic mass is 9.97. The van der Waals surface area contributed by atoms with E-state index in [4.69, 9.17) is 0 Å². The first-order valence-electron chi connectivity index (χ1n) is 8.95. The van der Waals surface area contributed by atoms with Crippen molar-refractivity contribution in [2.45, 2.75) is 39.3 Å². The Labute approximate surface area is 152 Å². The Kier molecular flexibility index (Phi) is 4.20. The van der Waals surface area contributed by atoms with E-state index in [1.807, 2.05) is 30.9 Å². The van der Waals surface area contributed by atoms with Crippen LogP contribution in [0.5, 0.6) is 0 Å². The van der Waals surface area contributed by atoms with Crippen LogP contribution in [0.1, 0.15) is 41.8 Å². The molecule has 1 amide bonds. The van der Waals surface area contributed by atoms with E-state index in [2.05, 4.69) is 45.8 Å². The molecule has 0 bridgehead atoms. The van der Waals surface area contributed by atoms with E-state index in [1.54, 1.807) is 0 Å². The lowest BCUT2D eigenvalue weighted by molar-refractivity contribution is -0.116. The zero-order valence-corrected chi connectivity index (χ0v) is 15.3. The maximum absolute atomic E-state index is 11.5. The predicted molar refractivity (Wildman–Crippen MR) is 102 cm³/mol. The minimum absolute atomic E-state index is 0.102. The Balaban J connectivity index is 1.48. The molecular weight excluding hydrogens is 326 g/mol. The summed E-state index contributed by atoms with van der Waals surface area (Å²) >= 11 is 0. The van der Waals surface area contributed by atoms with E-state index in [1.165, 1.54) is 11.1 Å². The van der Waals surface area contributed by atoms with Gasteiger partial charge in [-0.1, -0.05) is 12.1 Å². The van der Waals surface area contributed by atoms with Gasteiger partial charge in [0.2, 0.25) is 5.91 Å². The van der Waals surface area contributed by atoms with Gasteiger partial charge in [-0.2, -0.15) is 5.10 Å². The molecule has 134 valence electrons. The highest BCUT2D eigenvalue weighted by Crippen LogP contribution is 2.26. The molecule has 0 saturated carbocycles. The number of aryl methyl sites for hydroxylation is 3. The second kappa shape index (κ2) is 6.53. The van der Waals surface area contributed by atoms with Crippen molar-refractivity contribution in [3.05, 3.63) is 52.8 Å². The van der Waals surface area contributed by atoms with Crippen LogP contribution >= 0.6 is 0 Å². The summed E-state index contributed by atoms with van der Waals surface area (Å²) in [7, 11) is 1.92. The van der Waals surface area contributed by atoms with Gasteiger partial charge in [0.15, 0.2) is 5.65 Å². The molecule has 0 radical (unpaired) electrons. The molecule has 3 aromatic rings. The Morgan fingerprint density at radius 3 is 3.00 bits per heavy atom. The molecule has 0 unspecified atom stereocenters. The molecule has 1 aliphatic heterocycles. The smallest absolute Gasteiger partial charge is 0.224 e. The van der Waals surface area contributed by atoms with Crippen LogP contribution in [0.25, 0.3) is 11.0 Å². The molecule has 0 fully saturated rings. The first kappa shape index (κ1) is 16.7. The normalized spacial score (nSPS) is 15.0. The molecule has 0 spiro atoms. The van der Waals surface area contributed by atoms with Crippen molar-refractivity contribution in [1.82, 2.24) is 20.1 Å². The van der Waals surface area contributed by atoms with Gasteiger partial charge in [0.25, 0.3) is 0 Å². The summed E-state index contributed by atoms with van der Waals surface area (Å²) in [4.78, 5) is 16.0. The molecule has 6 nitrogen and oxygen atoms in total. The van der Waals surface area contributed by atoms with Crippen LogP contribution in [0.3, 0.4) is 0 Å². The lowest BCUT2D eigenvalue weighted by Gasteiger charge is -2.20. The van der Waals surface area contributed by atoms with Crippen molar-refractivity contribution in [2.24, 2.45) is 7.05 Å². The fraction of sp³-hybridized carbons (Fsp3) is 0.350. The fourth-order valence-corrected chi connectivity index (χ4v) is 3.51. The first-order valence-corrected chi connectivity index (χ1v) is 8.95. The van der Waals surface area contributed by atoms with E-state index in [9.17, 15) is 4.79 Å². The number of pyridine rings is 1. The average molecular weight is 349 g/mol. The van der Waals surface area contributed by atoms with Crippen molar-refractivity contribution < 1.29 is 4.79 Å². The number of carbonyl (C=O) groups is 1. The summed E-state index contributed by atoms with van der Waals surface area (Å²) in [5, 5.41) is 12.0. The molecule has 4 rings (SSSR count). The van der Waals surface area contributed by atoms with Gasteiger partial charge in [-0.05, 0) is 49.1 Å². The van der Waals surface area contributed by atoms with Crippen molar-refractivity contribution in [3.63, 3.8) is 0 Å². The summed E-state index contributed by atoms with van der Waals surface area (Å²) in [6, 6.07) is 8.65. The average Bonchev–Trinajstić information content (AvgIpc) is 2.93. The van der Waals surface area contributed by atoms with Gasteiger partial charge in [0.1, 0.15) is 0 Å². The van der Waals surface area contributed by atoms with Gasteiger partial charge in [0.05, 0.1) is 5.69 Å². The monoisotopic (exact) mass is 349 g/mol. The second-order valence-electron chi connectivity index (χ2n) is 6.99. The largest absolute Gasteiger partial charge is 0.326 e. The van der Waals surface area contributed by atoms with E-state index in [-0.39, 0.29) is 11.9 Å². The highest BCUT2D eigenvalue weighted by atomic mass is 16.1. The molecule has 0 aliphatic carbocycles. The summed E-state index contributed by atoms with van der Waals surface area (Å²) in [6.45, 7) is 4.91. The molecule has 0 saturated heterocycles. The maximum Gasteiger partial charge on any atom is 0.224 e. The number of fused-ring (bicyclic) bond motifs is 2. The van der Waals surface area contributed by atoms with Gasteiger partial charge in [-0.25, -0.2) is 4.98 Å². The van der Waals surface area contributed by atoms with E-state index >= 15 is 0 Å². The zero-order valence-electron chi connectivity index (χ0n) is 15.3. The first-order chi connectivity index (χ1) is 12.5. The van der Waals surface area contributed by atoms with Gasteiger partial charge in [-0.15, -0.1) is 0 Å². The third-order valence-corrected chi connectivity index (χ3v) is 5.06. The predicted octanol–water partition coefficient (Wildman–Crippen LogP) is 3.01. The van der Waals surface area contributed by atoms with Crippen molar-refractivity contribution >= 4 is 22.6 Å². The van der Waals surface area contributed by atoms with Crippen molar-refractivity contribution in [3.8, 4) is 0 Å². The maximum atomic E-state index is 11.5. The second-order valence-corrected chi connectivity index (χ2v) is 6.99. The number of amides is 1. The van der Waals surface area contributed by atoms with E-state index in [0.29, 0.717) is 6.42 Å². The van der Waals surface area contributed by atoms with Crippen LogP contribution in [0.15, 0.2) is 30.5 Å². The van der Waals surface area contributed by atoms with Gasteiger partial charge in [-0.3, -0.25) is 9.48 Å². The number of hydrogen-bond acceptors (Lipinski definition) is 4. The molecule has 26 heavy (non-hydrogen) atoms. The number of nitrogens with one attached hydrogen (secondary N) is 2. The molecule has 3 heterocycles. The molecule has 1 aromatic carbocycles. The zero-order chi connectivity index (χ0) is 18.3. The van der Waals surface area contributed by atoms with Crippen molar-refractivity contribution in [1.29, 1.82) is 0 Å². The fourth-order valence-electron chi connectivity index (χ4n) is 3.51. The SMILES string of the molecule is Cc1nn(C)c2ncc(CN[C@H](C)c3ccc4c(c3)CCC(=O)N4)cc12. The summed E-state index contributed by atoms with van der Waals surface area (Å²) < 4.78 is 1.82. The highest BCUT2D eigenvalue weighted by molar-refractivity contribution is 5.93. The van der Waals surface area contributed by atoms with Gasteiger partial charge < -0.3 is 10.6 Å². The number of anilines is 1. The summed E-state index contributed by atoms with van der Waals surface area (Å²) in [5.41, 5.74) is 6.44. The Bertz CT molecular complexity index is 991. The van der Waals surface area contributed by atoms with Crippen LogP contribution < -0.4 is 10.6 Å². The van der Waals surface area contributed by atoms with Crippen LogP contribution in [0.2, 0.25) is 0 Å². The number of carbonyl (C=O) groups excluding carboxylic acids is 1. The molecule has 6 heteroatoms. The van der Waals surface area contributed by atoms with E-state index < -0.39 is 0 Å². The number of nitrogens with zero attached hydrogens (tertiary/aromatic N) is 3. The highest BCUT2D eigenvalue weighted by Gasteiger charge is 2.16. The summed E-state index contributed by atoms with van der Waals surface area (Å²) in [6.07, 6.45) is 3.28. The number of rotatable bonds is 4. The number of benzene rings is 1. The Morgan fingerprint density at radius 1 is 1.31 bits per heavy atom. The van der Waals surface area contributed by atoms with Crippen molar-refractivity contribution in [2.75, 3.05) is 5.32 Å².